The number of nitrogens with one attached hydrogen (secondary N) is 1. The monoisotopic (exact) mass is 290 g/mol. The van der Waals surface area contributed by atoms with Crippen molar-refractivity contribution in [2.45, 2.75) is 51.6 Å². The third kappa shape index (κ3) is 4.21. The maximum atomic E-state index is 11.6. The first-order valence-electron chi connectivity index (χ1n) is 7.61. The fourth-order valence-corrected chi connectivity index (χ4v) is 2.61. The van der Waals surface area contributed by atoms with Crippen molar-refractivity contribution >= 4 is 11.7 Å². The van der Waals surface area contributed by atoms with Crippen molar-refractivity contribution in [3.05, 3.63) is 29.3 Å². The first kappa shape index (κ1) is 15.8. The van der Waals surface area contributed by atoms with E-state index in [0.717, 1.165) is 18.5 Å². The van der Waals surface area contributed by atoms with Gasteiger partial charge in [-0.2, -0.15) is 0 Å². The van der Waals surface area contributed by atoms with Gasteiger partial charge in [0, 0.05) is 25.3 Å². The number of carboxylic acid groups (broad SMARTS) is 1. The lowest BCUT2D eigenvalue weighted by Gasteiger charge is -2.30. The average molecular weight is 290 g/mol. The topological polar surface area (TPSA) is 52.6 Å². The second-order valence-corrected chi connectivity index (χ2v) is 6.57. The quantitative estimate of drug-likeness (QED) is 0.811. The van der Waals surface area contributed by atoms with Crippen LogP contribution < -0.4 is 10.2 Å². The van der Waals surface area contributed by atoms with Crippen LogP contribution in [-0.4, -0.2) is 36.2 Å². The van der Waals surface area contributed by atoms with Gasteiger partial charge in [0.25, 0.3) is 0 Å². The molecule has 0 amide bonds. The van der Waals surface area contributed by atoms with Gasteiger partial charge in [0.05, 0.1) is 0 Å². The summed E-state index contributed by atoms with van der Waals surface area (Å²) in [5, 5.41) is 12.8. The van der Waals surface area contributed by atoms with E-state index < -0.39 is 11.5 Å². The van der Waals surface area contributed by atoms with Crippen molar-refractivity contribution in [2.75, 3.05) is 18.5 Å². The van der Waals surface area contributed by atoms with Crippen LogP contribution in [0.25, 0.3) is 0 Å². The van der Waals surface area contributed by atoms with Crippen molar-refractivity contribution in [3.63, 3.8) is 0 Å². The van der Waals surface area contributed by atoms with Crippen molar-refractivity contribution in [2.24, 2.45) is 0 Å². The molecule has 1 aliphatic carbocycles. The van der Waals surface area contributed by atoms with Gasteiger partial charge in [-0.1, -0.05) is 6.07 Å². The summed E-state index contributed by atoms with van der Waals surface area (Å²) in [6.45, 7) is 6.68. The largest absolute Gasteiger partial charge is 0.480 e. The second kappa shape index (κ2) is 6.06. The lowest BCUT2D eigenvalue weighted by atomic mass is 9.97. The van der Waals surface area contributed by atoms with E-state index in [4.69, 9.17) is 0 Å². The zero-order valence-electron chi connectivity index (χ0n) is 13.4. The first-order valence-corrected chi connectivity index (χ1v) is 7.61. The van der Waals surface area contributed by atoms with Crippen LogP contribution >= 0.6 is 0 Å². The Labute approximate surface area is 127 Å². The fraction of sp³-hybridized carbons (Fsp3) is 0.588. The number of aryl methyl sites for hydroxylation is 2. The smallest absolute Gasteiger partial charge is 0.323 e. The van der Waals surface area contributed by atoms with Crippen LogP contribution in [0.5, 0.6) is 0 Å². The molecule has 1 aliphatic rings. The van der Waals surface area contributed by atoms with Gasteiger partial charge in [-0.25, -0.2) is 0 Å². The molecule has 1 saturated carbocycles. The summed E-state index contributed by atoms with van der Waals surface area (Å²) in [7, 11) is 2.02. The Bertz CT molecular complexity index is 505. The molecule has 21 heavy (non-hydrogen) atoms. The third-order valence-electron chi connectivity index (χ3n) is 4.17. The lowest BCUT2D eigenvalue weighted by Crippen LogP contribution is -2.52. The van der Waals surface area contributed by atoms with E-state index in [1.165, 1.54) is 11.1 Å². The number of nitrogens with zero attached hydrogens (tertiary/aromatic N) is 1. The Morgan fingerprint density at radius 3 is 2.38 bits per heavy atom. The zero-order chi connectivity index (χ0) is 15.6. The van der Waals surface area contributed by atoms with Gasteiger partial charge >= 0.3 is 5.97 Å². The highest BCUT2D eigenvalue weighted by Crippen LogP contribution is 2.25. The predicted octanol–water partition coefficient (Wildman–Crippen LogP) is 2.73. The second-order valence-electron chi connectivity index (χ2n) is 6.57. The highest BCUT2D eigenvalue weighted by molar-refractivity contribution is 5.78. The molecular weight excluding hydrogens is 264 g/mol. The molecule has 0 spiro atoms. The van der Waals surface area contributed by atoms with Crippen LogP contribution in [0.2, 0.25) is 0 Å². The van der Waals surface area contributed by atoms with E-state index in [1.54, 1.807) is 6.92 Å². The van der Waals surface area contributed by atoms with Crippen molar-refractivity contribution in [1.82, 2.24) is 5.32 Å². The molecule has 0 radical (unpaired) electrons. The number of aliphatic carboxylic acids is 1. The predicted molar refractivity (Wildman–Crippen MR) is 86.0 cm³/mol. The summed E-state index contributed by atoms with van der Waals surface area (Å²) in [6.07, 6.45) is 2.77. The molecule has 1 aromatic carbocycles. The molecule has 116 valence electrons. The fourth-order valence-electron chi connectivity index (χ4n) is 2.61. The Hall–Kier alpha value is -1.55. The number of hydrogen-bond donors (Lipinski definition) is 2. The maximum Gasteiger partial charge on any atom is 0.323 e. The van der Waals surface area contributed by atoms with Crippen molar-refractivity contribution < 1.29 is 9.90 Å². The first-order chi connectivity index (χ1) is 9.80. The van der Waals surface area contributed by atoms with E-state index in [1.807, 2.05) is 7.05 Å². The molecule has 1 unspecified atom stereocenters. The minimum absolute atomic E-state index is 0.387. The van der Waals surface area contributed by atoms with Gasteiger partial charge in [0.1, 0.15) is 5.54 Å². The van der Waals surface area contributed by atoms with Crippen LogP contribution in [-0.2, 0) is 4.79 Å². The zero-order valence-corrected chi connectivity index (χ0v) is 13.4. The highest BCUT2D eigenvalue weighted by atomic mass is 16.4. The molecular formula is C17H26N2O2. The van der Waals surface area contributed by atoms with Gasteiger partial charge in [-0.3, -0.25) is 10.1 Å². The van der Waals surface area contributed by atoms with Crippen LogP contribution in [0.4, 0.5) is 5.69 Å². The minimum Gasteiger partial charge on any atom is -0.480 e. The van der Waals surface area contributed by atoms with Gasteiger partial charge in [0.15, 0.2) is 0 Å². The van der Waals surface area contributed by atoms with Gasteiger partial charge in [-0.15, -0.1) is 0 Å². The molecule has 0 saturated heterocycles. The van der Waals surface area contributed by atoms with E-state index in [0.29, 0.717) is 19.0 Å². The van der Waals surface area contributed by atoms with Gasteiger partial charge < -0.3 is 10.0 Å². The van der Waals surface area contributed by atoms with E-state index >= 15 is 0 Å². The minimum atomic E-state index is -0.839. The molecule has 1 atom stereocenters. The van der Waals surface area contributed by atoms with E-state index in [2.05, 4.69) is 42.3 Å². The molecule has 0 bridgehead atoms. The summed E-state index contributed by atoms with van der Waals surface area (Å²) in [5.74, 6) is -0.761. The van der Waals surface area contributed by atoms with Crippen LogP contribution in [0.1, 0.15) is 37.3 Å². The van der Waals surface area contributed by atoms with Crippen LogP contribution in [0, 0.1) is 13.8 Å². The average Bonchev–Trinajstić information content (AvgIpc) is 3.18. The molecule has 1 aromatic rings. The summed E-state index contributed by atoms with van der Waals surface area (Å²) in [5.41, 5.74) is 2.77. The third-order valence-corrected chi connectivity index (χ3v) is 4.17. The normalized spacial score (nSPS) is 17.3. The Morgan fingerprint density at radius 1 is 1.33 bits per heavy atom. The molecule has 0 heterocycles. The molecule has 2 N–H and O–H groups in total. The Balaban J connectivity index is 2.00. The molecule has 2 rings (SSSR count). The number of anilines is 1. The molecule has 0 aliphatic heterocycles. The van der Waals surface area contributed by atoms with Gasteiger partial charge in [-0.05, 0) is 63.3 Å². The summed E-state index contributed by atoms with van der Waals surface area (Å²) >= 11 is 0. The standard InChI is InChI=1S/C17H26N2O2/c1-12-9-13(2)11-15(10-12)19(4)8-7-17(3,16(20)21)18-14-5-6-14/h9-11,14,18H,5-8H2,1-4H3,(H,20,21). The maximum absolute atomic E-state index is 11.6. The van der Waals surface area contributed by atoms with E-state index in [9.17, 15) is 9.90 Å². The number of carbonyl (C=O) groups is 1. The summed E-state index contributed by atoms with van der Waals surface area (Å²) in [4.78, 5) is 13.7. The Kier molecular flexibility index (Phi) is 4.57. The molecule has 1 fully saturated rings. The van der Waals surface area contributed by atoms with Gasteiger partial charge in [0.2, 0.25) is 0 Å². The number of hydrogen-bond acceptors (Lipinski definition) is 3. The van der Waals surface area contributed by atoms with Crippen LogP contribution in [0.15, 0.2) is 18.2 Å². The van der Waals surface area contributed by atoms with E-state index in [-0.39, 0.29) is 0 Å². The molecule has 0 aromatic heterocycles. The number of rotatable bonds is 7. The highest BCUT2D eigenvalue weighted by Gasteiger charge is 2.38. The number of carboxylic acids is 1. The summed E-state index contributed by atoms with van der Waals surface area (Å²) < 4.78 is 0. The lowest BCUT2D eigenvalue weighted by molar-refractivity contribution is -0.144. The molecule has 4 heteroatoms. The van der Waals surface area contributed by atoms with Crippen molar-refractivity contribution in [1.29, 1.82) is 0 Å². The van der Waals surface area contributed by atoms with Crippen molar-refractivity contribution in [3.8, 4) is 0 Å². The molecule has 4 nitrogen and oxygen atoms in total. The summed E-state index contributed by atoms with van der Waals surface area (Å²) in [6, 6.07) is 6.81. The number of benzene rings is 1. The van der Waals surface area contributed by atoms with Crippen LogP contribution in [0.3, 0.4) is 0 Å². The Morgan fingerprint density at radius 2 is 1.90 bits per heavy atom. The SMILES string of the molecule is Cc1cc(C)cc(N(C)CCC(C)(NC2CC2)C(=O)O)c1.